The minimum atomic E-state index is -0.348. The largest absolute Gasteiger partial charge is 0.494 e. The molecule has 5 nitrogen and oxygen atoms in total. The summed E-state index contributed by atoms with van der Waals surface area (Å²) >= 11 is 5.94. The molecular formula is C14H14ClN3O2. The molecule has 0 aliphatic rings. The quantitative estimate of drug-likeness (QED) is 0.849. The Hall–Kier alpha value is -2.27. The number of nitrogen functional groups attached to an aromatic ring is 1. The molecule has 104 valence electrons. The van der Waals surface area contributed by atoms with Gasteiger partial charge in [0.2, 0.25) is 0 Å². The molecule has 1 aromatic heterocycles. The third kappa shape index (κ3) is 3.39. The molecule has 3 N–H and O–H groups in total. The van der Waals surface area contributed by atoms with Crippen LogP contribution in [0.3, 0.4) is 0 Å². The first-order chi connectivity index (χ1) is 9.60. The molecule has 0 aliphatic heterocycles. The van der Waals surface area contributed by atoms with Crippen LogP contribution in [0.5, 0.6) is 5.75 Å². The van der Waals surface area contributed by atoms with Crippen molar-refractivity contribution in [1.82, 2.24) is 4.98 Å². The monoisotopic (exact) mass is 291 g/mol. The first kappa shape index (κ1) is 14.1. The van der Waals surface area contributed by atoms with E-state index in [2.05, 4.69) is 10.3 Å². The van der Waals surface area contributed by atoms with E-state index in [1.54, 1.807) is 36.5 Å². The van der Waals surface area contributed by atoms with Gasteiger partial charge in [-0.1, -0.05) is 11.6 Å². The number of aromatic nitrogens is 1. The second kappa shape index (κ2) is 6.25. The van der Waals surface area contributed by atoms with Crippen molar-refractivity contribution in [2.24, 2.45) is 0 Å². The van der Waals surface area contributed by atoms with E-state index >= 15 is 0 Å². The van der Waals surface area contributed by atoms with Crippen molar-refractivity contribution in [2.45, 2.75) is 6.92 Å². The van der Waals surface area contributed by atoms with E-state index in [1.807, 2.05) is 6.92 Å². The van der Waals surface area contributed by atoms with Crippen LogP contribution < -0.4 is 15.8 Å². The van der Waals surface area contributed by atoms with Gasteiger partial charge in [-0.2, -0.15) is 0 Å². The molecular weight excluding hydrogens is 278 g/mol. The highest BCUT2D eigenvalue weighted by molar-refractivity contribution is 6.33. The molecule has 0 atom stereocenters. The van der Waals surface area contributed by atoms with Gasteiger partial charge in [-0.3, -0.25) is 4.79 Å². The maximum Gasteiger partial charge on any atom is 0.257 e. The molecule has 2 rings (SSSR count). The highest BCUT2D eigenvalue weighted by atomic mass is 35.5. The highest BCUT2D eigenvalue weighted by Gasteiger charge is 2.11. The van der Waals surface area contributed by atoms with E-state index in [4.69, 9.17) is 22.1 Å². The standard InChI is InChI=1S/C14H14ClN3O2/c1-2-20-11-7-9(6-10(16)8-11)14(19)18-13-12(15)4-3-5-17-13/h3-8H,2,16H2,1H3,(H,17,18,19). The van der Waals surface area contributed by atoms with Crippen LogP contribution in [-0.4, -0.2) is 17.5 Å². The number of halogens is 1. The lowest BCUT2D eigenvalue weighted by atomic mass is 10.1. The summed E-state index contributed by atoms with van der Waals surface area (Å²) in [5, 5.41) is 3.00. The summed E-state index contributed by atoms with van der Waals surface area (Å²) in [6, 6.07) is 8.18. The van der Waals surface area contributed by atoms with E-state index < -0.39 is 0 Å². The number of rotatable bonds is 4. The van der Waals surface area contributed by atoms with Gasteiger partial charge < -0.3 is 15.8 Å². The van der Waals surface area contributed by atoms with Gasteiger partial charge in [0, 0.05) is 23.5 Å². The molecule has 0 saturated carbocycles. The van der Waals surface area contributed by atoms with Gasteiger partial charge in [0.15, 0.2) is 5.82 Å². The number of carbonyl (C=O) groups is 1. The number of nitrogens with one attached hydrogen (secondary N) is 1. The van der Waals surface area contributed by atoms with Gasteiger partial charge in [-0.25, -0.2) is 4.98 Å². The fourth-order valence-corrected chi connectivity index (χ4v) is 1.83. The first-order valence-electron chi connectivity index (χ1n) is 6.05. The normalized spacial score (nSPS) is 10.1. The zero-order valence-corrected chi connectivity index (χ0v) is 11.6. The Labute approximate surface area is 121 Å². The van der Waals surface area contributed by atoms with Crippen molar-refractivity contribution in [2.75, 3.05) is 17.7 Å². The van der Waals surface area contributed by atoms with Gasteiger partial charge in [0.05, 0.1) is 11.6 Å². The number of nitrogens with two attached hydrogens (primary N) is 1. The molecule has 0 aliphatic carbocycles. The van der Waals surface area contributed by atoms with Crippen molar-refractivity contribution in [1.29, 1.82) is 0 Å². The van der Waals surface area contributed by atoms with E-state index in [1.165, 1.54) is 0 Å². The van der Waals surface area contributed by atoms with E-state index in [-0.39, 0.29) is 5.91 Å². The molecule has 2 aromatic rings. The number of hydrogen-bond acceptors (Lipinski definition) is 4. The molecule has 0 unspecified atom stereocenters. The molecule has 0 bridgehead atoms. The van der Waals surface area contributed by atoms with Crippen molar-refractivity contribution in [3.8, 4) is 5.75 Å². The summed E-state index contributed by atoms with van der Waals surface area (Å²) in [7, 11) is 0. The minimum absolute atomic E-state index is 0.305. The van der Waals surface area contributed by atoms with Crippen molar-refractivity contribution in [3.05, 3.63) is 47.1 Å². The number of ether oxygens (including phenoxy) is 1. The van der Waals surface area contributed by atoms with Crippen LogP contribution in [0, 0.1) is 0 Å². The fourth-order valence-electron chi connectivity index (χ4n) is 1.66. The second-order valence-corrected chi connectivity index (χ2v) is 4.42. The number of benzene rings is 1. The number of amides is 1. The lowest BCUT2D eigenvalue weighted by molar-refractivity contribution is 0.102. The number of nitrogens with zero attached hydrogens (tertiary/aromatic N) is 1. The average molecular weight is 292 g/mol. The van der Waals surface area contributed by atoms with Gasteiger partial charge >= 0.3 is 0 Å². The summed E-state index contributed by atoms with van der Waals surface area (Å²) < 4.78 is 5.35. The lowest BCUT2D eigenvalue weighted by Gasteiger charge is -2.09. The smallest absolute Gasteiger partial charge is 0.257 e. The molecule has 20 heavy (non-hydrogen) atoms. The first-order valence-corrected chi connectivity index (χ1v) is 6.43. The van der Waals surface area contributed by atoms with Crippen molar-refractivity contribution < 1.29 is 9.53 Å². The van der Waals surface area contributed by atoms with E-state index in [0.717, 1.165) is 0 Å². The molecule has 6 heteroatoms. The minimum Gasteiger partial charge on any atom is -0.494 e. The Morgan fingerprint density at radius 2 is 2.25 bits per heavy atom. The molecule has 1 heterocycles. The maximum atomic E-state index is 12.2. The van der Waals surface area contributed by atoms with Crippen LogP contribution in [0.15, 0.2) is 36.5 Å². The number of carbonyl (C=O) groups excluding carboxylic acids is 1. The number of pyridine rings is 1. The van der Waals surface area contributed by atoms with Crippen LogP contribution in [0.4, 0.5) is 11.5 Å². The van der Waals surface area contributed by atoms with Crippen LogP contribution >= 0.6 is 11.6 Å². The highest BCUT2D eigenvalue weighted by Crippen LogP contribution is 2.22. The predicted octanol–water partition coefficient (Wildman–Crippen LogP) is 2.97. The predicted molar refractivity (Wildman–Crippen MR) is 79.2 cm³/mol. The van der Waals surface area contributed by atoms with Crippen molar-refractivity contribution >= 4 is 29.0 Å². The molecule has 1 aromatic carbocycles. The Bertz CT molecular complexity index is 632. The molecule has 0 saturated heterocycles. The summed E-state index contributed by atoms with van der Waals surface area (Å²) in [4.78, 5) is 16.2. The van der Waals surface area contributed by atoms with Gasteiger partial charge in [-0.05, 0) is 31.2 Å². The van der Waals surface area contributed by atoms with Crippen LogP contribution in [0.1, 0.15) is 17.3 Å². The van der Waals surface area contributed by atoms with Gasteiger partial charge in [-0.15, -0.1) is 0 Å². The molecule has 0 radical (unpaired) electrons. The summed E-state index contributed by atoms with van der Waals surface area (Å²) in [5.74, 6) is 0.503. The molecule has 1 amide bonds. The van der Waals surface area contributed by atoms with E-state index in [0.29, 0.717) is 34.4 Å². The second-order valence-electron chi connectivity index (χ2n) is 4.01. The van der Waals surface area contributed by atoms with Gasteiger partial charge in [0.1, 0.15) is 5.75 Å². The van der Waals surface area contributed by atoms with Crippen LogP contribution in [-0.2, 0) is 0 Å². The van der Waals surface area contributed by atoms with Gasteiger partial charge in [0.25, 0.3) is 5.91 Å². The maximum absolute atomic E-state index is 12.2. The zero-order chi connectivity index (χ0) is 14.5. The zero-order valence-electron chi connectivity index (χ0n) is 10.9. The lowest BCUT2D eigenvalue weighted by Crippen LogP contribution is -2.14. The number of anilines is 2. The Balaban J connectivity index is 2.23. The summed E-state index contributed by atoms with van der Waals surface area (Å²) in [6.07, 6.45) is 1.55. The van der Waals surface area contributed by atoms with Crippen LogP contribution in [0.25, 0.3) is 0 Å². The SMILES string of the molecule is CCOc1cc(N)cc(C(=O)Nc2ncccc2Cl)c1. The Morgan fingerprint density at radius 3 is 2.95 bits per heavy atom. The third-order valence-electron chi connectivity index (χ3n) is 2.49. The third-order valence-corrected chi connectivity index (χ3v) is 2.80. The Morgan fingerprint density at radius 1 is 1.45 bits per heavy atom. The topological polar surface area (TPSA) is 77.2 Å². The number of hydrogen-bond donors (Lipinski definition) is 2. The average Bonchev–Trinajstić information content (AvgIpc) is 2.41. The summed E-state index contributed by atoms with van der Waals surface area (Å²) in [5.41, 5.74) is 6.59. The van der Waals surface area contributed by atoms with E-state index in [9.17, 15) is 4.79 Å². The Kier molecular flexibility index (Phi) is 4.42. The van der Waals surface area contributed by atoms with Crippen molar-refractivity contribution in [3.63, 3.8) is 0 Å². The van der Waals surface area contributed by atoms with Crippen LogP contribution in [0.2, 0.25) is 5.02 Å². The molecule has 0 spiro atoms. The summed E-state index contributed by atoms with van der Waals surface area (Å²) in [6.45, 7) is 2.35. The molecule has 0 fully saturated rings. The fraction of sp³-hybridized carbons (Fsp3) is 0.143.